The van der Waals surface area contributed by atoms with Crippen LogP contribution in [0.3, 0.4) is 0 Å². The van der Waals surface area contributed by atoms with Crippen molar-refractivity contribution in [3.05, 3.63) is 70.8 Å². The molecule has 1 N–H and O–H groups in total. The van der Waals surface area contributed by atoms with Crippen LogP contribution in [0.5, 0.6) is 0 Å². The van der Waals surface area contributed by atoms with Gasteiger partial charge in [0.15, 0.2) is 0 Å². The van der Waals surface area contributed by atoms with Gasteiger partial charge in [-0.15, -0.1) is 0 Å². The maximum absolute atomic E-state index is 11.1. The van der Waals surface area contributed by atoms with Crippen molar-refractivity contribution in [2.75, 3.05) is 0 Å². The van der Waals surface area contributed by atoms with E-state index in [1.807, 2.05) is 13.0 Å². The normalized spacial score (nSPS) is 34.8. The highest BCUT2D eigenvalue weighted by Crippen LogP contribution is 2.61. The molecule has 2 aromatic carbocycles. The Morgan fingerprint density at radius 1 is 0.895 bits per heavy atom. The number of hydrogen-bond donors (Lipinski definition) is 1. The van der Waals surface area contributed by atoms with E-state index in [2.05, 4.69) is 49.4 Å². The monoisotopic (exact) mass is 250 g/mol. The minimum atomic E-state index is -0.761. The van der Waals surface area contributed by atoms with Crippen molar-refractivity contribution in [3.8, 4) is 0 Å². The first-order valence-corrected chi connectivity index (χ1v) is 6.97. The lowest BCUT2D eigenvalue weighted by Crippen LogP contribution is -2.38. The third-order valence-electron chi connectivity index (χ3n) is 5.29. The van der Waals surface area contributed by atoms with Crippen LogP contribution in [0.15, 0.2) is 48.5 Å². The van der Waals surface area contributed by atoms with E-state index < -0.39 is 5.60 Å². The molecule has 3 atom stereocenters. The molecule has 0 saturated carbocycles. The van der Waals surface area contributed by atoms with Crippen molar-refractivity contribution in [2.45, 2.75) is 37.2 Å². The van der Waals surface area contributed by atoms with Crippen molar-refractivity contribution in [1.82, 2.24) is 0 Å². The maximum Gasteiger partial charge on any atom is 0.0940 e. The summed E-state index contributed by atoms with van der Waals surface area (Å²) in [6.07, 6.45) is 1.01. The fourth-order valence-electron chi connectivity index (χ4n) is 4.28. The van der Waals surface area contributed by atoms with Gasteiger partial charge in [-0.05, 0) is 35.6 Å². The van der Waals surface area contributed by atoms with Crippen molar-refractivity contribution in [3.63, 3.8) is 0 Å². The van der Waals surface area contributed by atoms with Crippen LogP contribution >= 0.6 is 0 Å². The first kappa shape index (κ1) is 11.2. The Balaban J connectivity index is 2.12. The number of rotatable bonds is 0. The van der Waals surface area contributed by atoms with Gasteiger partial charge in [-0.3, -0.25) is 0 Å². The quantitative estimate of drug-likeness (QED) is 0.756. The molecular formula is C18H18O. The lowest BCUT2D eigenvalue weighted by atomic mass is 9.65. The fraction of sp³-hybridized carbons (Fsp3) is 0.333. The zero-order chi connectivity index (χ0) is 13.3. The molecule has 4 rings (SSSR count). The van der Waals surface area contributed by atoms with Crippen LogP contribution in [0.25, 0.3) is 0 Å². The average molecular weight is 250 g/mol. The topological polar surface area (TPSA) is 20.2 Å². The van der Waals surface area contributed by atoms with Crippen molar-refractivity contribution >= 4 is 0 Å². The lowest BCUT2D eigenvalue weighted by Gasteiger charge is -2.41. The Morgan fingerprint density at radius 2 is 1.47 bits per heavy atom. The molecule has 0 fully saturated rings. The Morgan fingerprint density at radius 3 is 2.21 bits per heavy atom. The van der Waals surface area contributed by atoms with E-state index in [-0.39, 0.29) is 11.3 Å². The molecular weight excluding hydrogens is 232 g/mol. The zero-order valence-corrected chi connectivity index (χ0v) is 11.4. The summed E-state index contributed by atoms with van der Waals surface area (Å²) in [6.45, 7) is 4.29. The maximum atomic E-state index is 11.1. The van der Waals surface area contributed by atoms with E-state index in [9.17, 15) is 5.11 Å². The molecule has 2 bridgehead atoms. The van der Waals surface area contributed by atoms with Gasteiger partial charge in [0.05, 0.1) is 5.60 Å². The molecule has 0 saturated heterocycles. The predicted octanol–water partition coefficient (Wildman–Crippen LogP) is 3.70. The van der Waals surface area contributed by atoms with Gasteiger partial charge < -0.3 is 5.11 Å². The van der Waals surface area contributed by atoms with Crippen LogP contribution in [0.2, 0.25) is 0 Å². The van der Waals surface area contributed by atoms with Gasteiger partial charge in [0, 0.05) is 11.3 Å². The van der Waals surface area contributed by atoms with Crippen LogP contribution in [0.4, 0.5) is 0 Å². The van der Waals surface area contributed by atoms with Crippen molar-refractivity contribution in [2.24, 2.45) is 0 Å². The standard InChI is InChI=1S/C18H18O/c1-17-11-16(12-7-3-4-8-13(12)17)18(2,19)15-10-6-5-9-14(15)17/h3-10,16,19H,11H2,1-2H3. The highest BCUT2D eigenvalue weighted by molar-refractivity contribution is 5.58. The number of aliphatic hydroxyl groups is 1. The summed E-state index contributed by atoms with van der Waals surface area (Å²) in [7, 11) is 0. The van der Waals surface area contributed by atoms with E-state index in [0.717, 1.165) is 12.0 Å². The molecule has 2 aliphatic rings. The van der Waals surface area contributed by atoms with Gasteiger partial charge in [-0.25, -0.2) is 0 Å². The third kappa shape index (κ3) is 1.19. The van der Waals surface area contributed by atoms with E-state index in [0.29, 0.717) is 0 Å². The molecule has 1 nitrogen and oxygen atoms in total. The number of hydrogen-bond acceptors (Lipinski definition) is 1. The minimum Gasteiger partial charge on any atom is -0.385 e. The summed E-state index contributed by atoms with van der Waals surface area (Å²) in [5.74, 6) is 0.212. The Bertz CT molecular complexity index is 671. The van der Waals surface area contributed by atoms with Crippen LogP contribution < -0.4 is 0 Å². The summed E-state index contributed by atoms with van der Waals surface area (Å²) in [5.41, 5.74) is 4.41. The Hall–Kier alpha value is -1.60. The number of fused-ring (bicyclic) bond motifs is 7. The molecule has 0 heterocycles. The Labute approximate surface area is 113 Å². The van der Waals surface area contributed by atoms with E-state index in [4.69, 9.17) is 0 Å². The van der Waals surface area contributed by atoms with Gasteiger partial charge in [-0.1, -0.05) is 55.5 Å². The second kappa shape index (κ2) is 3.29. The van der Waals surface area contributed by atoms with Crippen LogP contribution in [0.1, 0.15) is 48.4 Å². The average Bonchev–Trinajstić information content (AvgIpc) is 2.72. The summed E-state index contributed by atoms with van der Waals surface area (Å²) in [4.78, 5) is 0. The van der Waals surface area contributed by atoms with Gasteiger partial charge in [0.1, 0.15) is 0 Å². The van der Waals surface area contributed by atoms with Gasteiger partial charge in [0.2, 0.25) is 0 Å². The molecule has 2 aromatic rings. The van der Waals surface area contributed by atoms with Gasteiger partial charge in [0.25, 0.3) is 0 Å². The zero-order valence-electron chi connectivity index (χ0n) is 11.4. The second-order valence-corrected chi connectivity index (χ2v) is 6.37. The number of benzene rings is 2. The molecule has 0 aromatic heterocycles. The highest BCUT2D eigenvalue weighted by Gasteiger charge is 2.54. The largest absolute Gasteiger partial charge is 0.385 e. The lowest BCUT2D eigenvalue weighted by molar-refractivity contribution is 0.0137. The molecule has 0 amide bonds. The van der Waals surface area contributed by atoms with Gasteiger partial charge in [-0.2, -0.15) is 0 Å². The molecule has 1 heteroatoms. The summed E-state index contributed by atoms with van der Waals surface area (Å²) in [5, 5.41) is 11.1. The van der Waals surface area contributed by atoms with Crippen molar-refractivity contribution < 1.29 is 5.11 Å². The smallest absolute Gasteiger partial charge is 0.0940 e. The van der Waals surface area contributed by atoms with Crippen molar-refractivity contribution in [1.29, 1.82) is 0 Å². The third-order valence-corrected chi connectivity index (χ3v) is 5.29. The first-order valence-electron chi connectivity index (χ1n) is 6.97. The SMILES string of the molecule is CC12CC(c3ccccc31)C(C)(O)c1ccccc12. The van der Waals surface area contributed by atoms with E-state index >= 15 is 0 Å². The molecule has 96 valence electrons. The van der Waals surface area contributed by atoms with Crippen LogP contribution in [0, 0.1) is 0 Å². The first-order chi connectivity index (χ1) is 9.05. The fourth-order valence-corrected chi connectivity index (χ4v) is 4.28. The van der Waals surface area contributed by atoms with Crippen LogP contribution in [-0.2, 0) is 11.0 Å². The Kier molecular flexibility index (Phi) is 1.95. The molecule has 0 aliphatic heterocycles. The molecule has 0 spiro atoms. The second-order valence-electron chi connectivity index (χ2n) is 6.37. The summed E-state index contributed by atoms with van der Waals surface area (Å²) in [6, 6.07) is 17.0. The van der Waals surface area contributed by atoms with Crippen LogP contribution in [-0.4, -0.2) is 5.11 Å². The molecule has 0 radical (unpaired) electrons. The predicted molar refractivity (Wildman–Crippen MR) is 76.3 cm³/mol. The molecule has 2 aliphatic carbocycles. The highest BCUT2D eigenvalue weighted by atomic mass is 16.3. The minimum absolute atomic E-state index is 0.0556. The molecule has 19 heavy (non-hydrogen) atoms. The summed E-state index contributed by atoms with van der Waals surface area (Å²) < 4.78 is 0. The molecule has 3 unspecified atom stereocenters. The van der Waals surface area contributed by atoms with E-state index in [1.54, 1.807) is 0 Å². The van der Waals surface area contributed by atoms with Gasteiger partial charge >= 0.3 is 0 Å². The summed E-state index contributed by atoms with van der Waals surface area (Å²) >= 11 is 0. The van der Waals surface area contributed by atoms with E-state index in [1.165, 1.54) is 16.7 Å².